The molecule has 30 heavy (non-hydrogen) atoms. The van der Waals surface area contributed by atoms with Crippen molar-refractivity contribution in [1.82, 2.24) is 4.90 Å². The first-order chi connectivity index (χ1) is 13.6. The monoisotopic (exact) mass is 552 g/mol. The number of aliphatic imine (C=N–C) groups is 1. The van der Waals surface area contributed by atoms with Crippen LogP contribution in [-0.2, 0) is 27.6 Å². The molecule has 0 spiro atoms. The van der Waals surface area contributed by atoms with Crippen molar-refractivity contribution in [1.29, 1.82) is 0 Å². The molecule has 10 heteroatoms. The predicted octanol–water partition coefficient (Wildman–Crippen LogP) is 5.48. The Bertz CT molecular complexity index is 1080. The van der Waals surface area contributed by atoms with E-state index in [0.717, 1.165) is 24.1 Å². The van der Waals surface area contributed by atoms with Crippen molar-refractivity contribution in [3.63, 3.8) is 0 Å². The molecule has 0 radical (unpaired) electrons. The van der Waals surface area contributed by atoms with Gasteiger partial charge in [0.25, 0.3) is 9.05 Å². The first-order valence-electron chi connectivity index (χ1n) is 9.14. The summed E-state index contributed by atoms with van der Waals surface area (Å²) >= 11 is 7.38. The largest absolute Gasteiger partial charge is 0.366 e. The number of hydrogen-bond acceptors (Lipinski definition) is 5. The second-order valence-electron chi connectivity index (χ2n) is 6.81. The third-order valence-electron chi connectivity index (χ3n) is 5.05. The van der Waals surface area contributed by atoms with Gasteiger partial charge < -0.3 is 10.0 Å². The van der Waals surface area contributed by atoms with E-state index in [1.54, 1.807) is 18.0 Å². The van der Waals surface area contributed by atoms with E-state index in [0.29, 0.717) is 16.5 Å². The van der Waals surface area contributed by atoms with Crippen LogP contribution in [0.3, 0.4) is 0 Å². The lowest BCUT2D eigenvalue weighted by atomic mass is 10.0. The maximum absolute atomic E-state index is 11.8. The van der Waals surface area contributed by atoms with Gasteiger partial charge in [-0.15, -0.1) is 17.0 Å². The summed E-state index contributed by atoms with van der Waals surface area (Å²) < 4.78 is 23.6. The molecule has 0 amide bonds. The number of amidine groups is 1. The second kappa shape index (κ2) is 9.79. The Morgan fingerprint density at radius 1 is 1.20 bits per heavy atom. The highest BCUT2D eigenvalue weighted by Crippen LogP contribution is 2.41. The smallest absolute Gasteiger partial charge is 0.262 e. The lowest BCUT2D eigenvalue weighted by molar-refractivity contribution is -0.0349. The minimum absolute atomic E-state index is 0. The molecule has 5 nitrogen and oxygen atoms in total. The van der Waals surface area contributed by atoms with Crippen molar-refractivity contribution in [2.45, 2.75) is 37.3 Å². The predicted molar refractivity (Wildman–Crippen MR) is 131 cm³/mol. The Kier molecular flexibility index (Phi) is 8.32. The summed E-state index contributed by atoms with van der Waals surface area (Å²) in [6.45, 7) is 4.20. The summed E-state index contributed by atoms with van der Waals surface area (Å²) in [5.41, 5.74) is 2.22. The van der Waals surface area contributed by atoms with E-state index in [2.05, 4.69) is 26.0 Å². The number of benzene rings is 2. The molecule has 0 aromatic heterocycles. The molecule has 3 rings (SSSR count). The van der Waals surface area contributed by atoms with Crippen LogP contribution in [0.15, 0.2) is 46.3 Å². The van der Waals surface area contributed by atoms with E-state index in [4.69, 9.17) is 27.3 Å². The summed E-state index contributed by atoms with van der Waals surface area (Å²) in [5, 5.41) is 12.0. The van der Waals surface area contributed by atoms with Gasteiger partial charge in [-0.25, -0.2) is 13.4 Å². The Morgan fingerprint density at radius 2 is 1.90 bits per heavy atom. The maximum atomic E-state index is 11.8. The first kappa shape index (κ1) is 25.5. The summed E-state index contributed by atoms with van der Waals surface area (Å²) in [7, 11) is 3.18. The zero-order valence-corrected chi connectivity index (χ0v) is 21.6. The van der Waals surface area contributed by atoms with Gasteiger partial charge in [-0.1, -0.05) is 55.4 Å². The summed E-state index contributed by atoms with van der Waals surface area (Å²) in [6, 6.07) is 10.6. The third-order valence-corrected chi connectivity index (χ3v) is 8.02. The van der Waals surface area contributed by atoms with Crippen LogP contribution in [0.25, 0.3) is 0 Å². The van der Waals surface area contributed by atoms with Crippen LogP contribution in [-0.4, -0.2) is 36.4 Å². The molecule has 0 aliphatic carbocycles. The number of rotatable bonds is 5. The lowest BCUT2D eigenvalue weighted by Gasteiger charge is -2.31. The number of halogens is 3. The van der Waals surface area contributed by atoms with Crippen molar-refractivity contribution in [2.24, 2.45) is 4.99 Å². The van der Waals surface area contributed by atoms with Crippen molar-refractivity contribution in [3.05, 3.63) is 58.1 Å². The van der Waals surface area contributed by atoms with Gasteiger partial charge in [0, 0.05) is 23.3 Å². The van der Waals surface area contributed by atoms with E-state index < -0.39 is 14.8 Å². The highest BCUT2D eigenvalue weighted by Gasteiger charge is 2.43. The number of thioether (sulfide) groups is 1. The van der Waals surface area contributed by atoms with E-state index in [9.17, 15) is 13.5 Å². The van der Waals surface area contributed by atoms with E-state index in [1.807, 2.05) is 6.07 Å². The molecule has 164 valence electrons. The summed E-state index contributed by atoms with van der Waals surface area (Å²) in [4.78, 5) is 6.20. The average molecular weight is 554 g/mol. The standard InChI is InChI=1S/C20H22Cl2N2O3S2.BrH/c1-4-13-6-9-17(14(5-2)10-13)23-19-24(3)20(25,12-28-19)15-7-8-16(21)18(11-15)29(22,26)27;/h6-11,25H,4-5,12H2,1-3H3;1H/b23-19+;. The summed E-state index contributed by atoms with van der Waals surface area (Å²) in [6.07, 6.45) is 1.81. The van der Waals surface area contributed by atoms with Gasteiger partial charge in [-0.05, 0) is 42.2 Å². The van der Waals surface area contributed by atoms with Gasteiger partial charge in [0.15, 0.2) is 10.9 Å². The van der Waals surface area contributed by atoms with Crippen molar-refractivity contribution in [3.8, 4) is 0 Å². The van der Waals surface area contributed by atoms with Crippen LogP contribution in [0.1, 0.15) is 30.5 Å². The third kappa shape index (κ3) is 5.00. The summed E-state index contributed by atoms with van der Waals surface area (Å²) in [5.74, 6) is 0.292. The Morgan fingerprint density at radius 3 is 2.50 bits per heavy atom. The molecule has 1 atom stereocenters. The van der Waals surface area contributed by atoms with Crippen LogP contribution in [0, 0.1) is 0 Å². The Hall–Kier alpha value is -0.770. The molecule has 1 heterocycles. The fourth-order valence-electron chi connectivity index (χ4n) is 3.19. The first-order valence-corrected chi connectivity index (χ1v) is 12.8. The normalized spacial score (nSPS) is 20.5. The molecule has 1 fully saturated rings. The highest BCUT2D eigenvalue weighted by molar-refractivity contribution is 8.93. The van der Waals surface area contributed by atoms with Crippen molar-refractivity contribution in [2.75, 3.05) is 12.8 Å². The molecule has 1 N–H and O–H groups in total. The SMILES string of the molecule is Br.CCc1ccc(/N=C2/SCC(O)(c3ccc(Cl)c(S(=O)(=O)Cl)c3)N2C)c(CC)c1. The van der Waals surface area contributed by atoms with E-state index >= 15 is 0 Å². The minimum Gasteiger partial charge on any atom is -0.366 e. The number of aryl methyl sites for hydroxylation is 2. The quantitative estimate of drug-likeness (QED) is 0.496. The molecule has 2 aromatic rings. The molecular formula is C20H23BrCl2N2O3S2. The van der Waals surface area contributed by atoms with E-state index in [-0.39, 0.29) is 26.9 Å². The average Bonchev–Trinajstić information content (AvgIpc) is 2.97. The molecule has 1 unspecified atom stereocenters. The van der Waals surface area contributed by atoms with Crippen LogP contribution in [0.4, 0.5) is 5.69 Å². The lowest BCUT2D eigenvalue weighted by Crippen LogP contribution is -2.42. The van der Waals surface area contributed by atoms with Crippen LogP contribution < -0.4 is 0 Å². The van der Waals surface area contributed by atoms with Gasteiger partial charge >= 0.3 is 0 Å². The zero-order chi connectivity index (χ0) is 21.4. The topological polar surface area (TPSA) is 70.0 Å². The van der Waals surface area contributed by atoms with Gasteiger partial charge in [0.1, 0.15) is 4.90 Å². The van der Waals surface area contributed by atoms with E-state index in [1.165, 1.54) is 29.5 Å². The Balaban J connectivity index is 0.00000320. The number of hydrogen-bond donors (Lipinski definition) is 1. The number of aliphatic hydroxyl groups is 1. The molecule has 1 aliphatic rings. The van der Waals surface area contributed by atoms with Crippen LogP contribution in [0.2, 0.25) is 5.02 Å². The molecule has 0 saturated carbocycles. The molecule has 1 saturated heterocycles. The van der Waals surface area contributed by atoms with Crippen molar-refractivity contribution >= 4 is 70.9 Å². The number of nitrogens with zero attached hydrogens (tertiary/aromatic N) is 2. The second-order valence-corrected chi connectivity index (χ2v) is 10.7. The fraction of sp³-hybridized carbons (Fsp3) is 0.350. The van der Waals surface area contributed by atoms with Crippen LogP contribution in [0.5, 0.6) is 0 Å². The van der Waals surface area contributed by atoms with Gasteiger partial charge in [-0.2, -0.15) is 0 Å². The van der Waals surface area contributed by atoms with Gasteiger partial charge in [0.2, 0.25) is 0 Å². The van der Waals surface area contributed by atoms with Gasteiger partial charge in [0.05, 0.1) is 16.5 Å². The van der Waals surface area contributed by atoms with Crippen LogP contribution >= 0.6 is 51.0 Å². The highest BCUT2D eigenvalue weighted by atomic mass is 79.9. The molecule has 0 bridgehead atoms. The minimum atomic E-state index is -4.03. The zero-order valence-electron chi connectivity index (χ0n) is 16.7. The maximum Gasteiger partial charge on any atom is 0.262 e. The fourth-order valence-corrected chi connectivity index (χ4v) is 5.89. The van der Waals surface area contributed by atoms with Gasteiger partial charge in [-0.3, -0.25) is 0 Å². The molecule has 1 aliphatic heterocycles. The molecular weight excluding hydrogens is 531 g/mol. The Labute approximate surface area is 201 Å². The molecule has 2 aromatic carbocycles. The van der Waals surface area contributed by atoms with Crippen molar-refractivity contribution < 1.29 is 13.5 Å².